The highest BCUT2D eigenvalue weighted by atomic mass is 35.5. The maximum atomic E-state index is 12.8. The Morgan fingerprint density at radius 2 is 1.86 bits per heavy atom. The maximum Gasteiger partial charge on any atom is 0.289 e. The second-order valence-corrected chi connectivity index (χ2v) is 7.17. The Morgan fingerprint density at radius 1 is 1.14 bits per heavy atom. The quantitative estimate of drug-likeness (QED) is 0.708. The van der Waals surface area contributed by atoms with Gasteiger partial charge in [-0.1, -0.05) is 29.4 Å². The molecule has 0 radical (unpaired) electrons. The topological polar surface area (TPSA) is 78.5 Å². The Bertz CT molecular complexity index is 925. The second kappa shape index (κ2) is 8.57. The fraction of sp³-hybridized carbons (Fsp3) is 0.167. The molecule has 3 rings (SSSR count). The van der Waals surface area contributed by atoms with E-state index in [2.05, 4.69) is 10.7 Å². The molecule has 1 fully saturated rings. The van der Waals surface area contributed by atoms with E-state index in [1.807, 2.05) is 0 Å². The standard InChI is InChI=1S/C18H14ClF2N3O3S/c19-12-2-1-3-13(16(12)28-18(20)21)22-17(27)10-4-6-11(7-5-10)24-15(26)9-8-14(25)23-24/h1-7,18H,8-9H2,(H,22,27)(H,23,25). The number of carbonyl (C=O) groups excluding carboxylic acids is 3. The summed E-state index contributed by atoms with van der Waals surface area (Å²) < 4.78 is 25.5. The van der Waals surface area contributed by atoms with E-state index in [0.717, 1.165) is 5.01 Å². The van der Waals surface area contributed by atoms with Gasteiger partial charge >= 0.3 is 0 Å². The van der Waals surface area contributed by atoms with Crippen molar-refractivity contribution in [1.82, 2.24) is 5.43 Å². The predicted molar refractivity (Wildman–Crippen MR) is 103 cm³/mol. The van der Waals surface area contributed by atoms with Crippen LogP contribution in [0, 0.1) is 0 Å². The molecule has 2 aromatic rings. The van der Waals surface area contributed by atoms with Crippen molar-refractivity contribution in [1.29, 1.82) is 0 Å². The first-order chi connectivity index (χ1) is 13.3. The van der Waals surface area contributed by atoms with Gasteiger partial charge in [0.2, 0.25) is 11.8 Å². The molecule has 0 bridgehead atoms. The SMILES string of the molecule is O=C1CCC(=O)N(c2ccc(C(=O)Nc3cccc(Cl)c3SC(F)F)cc2)N1. The number of thioether (sulfide) groups is 1. The molecule has 2 aromatic carbocycles. The Morgan fingerprint density at radius 3 is 2.54 bits per heavy atom. The normalized spacial score (nSPS) is 14.2. The van der Waals surface area contributed by atoms with Crippen molar-refractivity contribution in [3.63, 3.8) is 0 Å². The van der Waals surface area contributed by atoms with E-state index in [4.69, 9.17) is 11.6 Å². The Balaban J connectivity index is 1.76. The summed E-state index contributed by atoms with van der Waals surface area (Å²) in [5, 5.41) is 3.80. The summed E-state index contributed by atoms with van der Waals surface area (Å²) in [6.07, 6.45) is 0.238. The lowest BCUT2D eigenvalue weighted by Crippen LogP contribution is -2.50. The number of benzene rings is 2. The van der Waals surface area contributed by atoms with Crippen LogP contribution in [0.1, 0.15) is 23.2 Å². The van der Waals surface area contributed by atoms with E-state index in [9.17, 15) is 23.2 Å². The number of rotatable bonds is 5. The molecule has 0 aromatic heterocycles. The zero-order chi connectivity index (χ0) is 20.3. The summed E-state index contributed by atoms with van der Waals surface area (Å²) in [6.45, 7) is 0. The number of anilines is 2. The van der Waals surface area contributed by atoms with Crippen LogP contribution in [0.5, 0.6) is 0 Å². The third-order valence-electron chi connectivity index (χ3n) is 3.86. The fourth-order valence-electron chi connectivity index (χ4n) is 2.56. The number of hydrogen-bond donors (Lipinski definition) is 2. The smallest absolute Gasteiger partial charge is 0.289 e. The molecule has 10 heteroatoms. The summed E-state index contributed by atoms with van der Waals surface area (Å²) in [7, 11) is 0. The van der Waals surface area contributed by atoms with Crippen LogP contribution >= 0.6 is 23.4 Å². The number of hydrazine groups is 1. The molecule has 1 aliphatic rings. The molecule has 0 atom stereocenters. The monoisotopic (exact) mass is 425 g/mol. The molecule has 1 heterocycles. The number of nitrogens with zero attached hydrogens (tertiary/aromatic N) is 1. The molecule has 0 saturated carbocycles. The highest BCUT2D eigenvalue weighted by Crippen LogP contribution is 2.37. The lowest BCUT2D eigenvalue weighted by molar-refractivity contribution is -0.130. The van der Waals surface area contributed by atoms with E-state index < -0.39 is 11.7 Å². The second-order valence-electron chi connectivity index (χ2n) is 5.76. The van der Waals surface area contributed by atoms with Gasteiger partial charge in [-0.2, -0.15) is 8.78 Å². The molecule has 0 unspecified atom stereocenters. The zero-order valence-electron chi connectivity index (χ0n) is 14.2. The average Bonchev–Trinajstić information content (AvgIpc) is 2.66. The minimum atomic E-state index is -2.69. The third kappa shape index (κ3) is 4.60. The number of alkyl halides is 2. The first kappa shape index (κ1) is 20.1. The summed E-state index contributed by atoms with van der Waals surface area (Å²) in [5.74, 6) is -3.75. The van der Waals surface area contributed by atoms with Gasteiger partial charge in [-0.15, -0.1) is 0 Å². The molecular formula is C18H14ClF2N3O3S. The molecule has 146 valence electrons. The molecular weight excluding hydrogens is 412 g/mol. The summed E-state index contributed by atoms with van der Waals surface area (Å²) in [5.41, 5.74) is 3.28. The van der Waals surface area contributed by atoms with Gasteiger partial charge in [0.15, 0.2) is 0 Å². The molecule has 1 aliphatic heterocycles. The largest absolute Gasteiger partial charge is 0.321 e. The van der Waals surface area contributed by atoms with Crippen LogP contribution in [-0.2, 0) is 9.59 Å². The third-order valence-corrected chi connectivity index (χ3v) is 5.14. The molecule has 3 amide bonds. The minimum Gasteiger partial charge on any atom is -0.321 e. The van der Waals surface area contributed by atoms with Gasteiger partial charge in [0.25, 0.3) is 11.7 Å². The summed E-state index contributed by atoms with van der Waals surface area (Å²) in [4.78, 5) is 35.9. The first-order valence-corrected chi connectivity index (χ1v) is 9.38. The van der Waals surface area contributed by atoms with E-state index in [1.165, 1.54) is 36.4 Å². The predicted octanol–water partition coefficient (Wildman–Crippen LogP) is 4.07. The van der Waals surface area contributed by atoms with Gasteiger partial charge in [0, 0.05) is 18.4 Å². The van der Waals surface area contributed by atoms with Crippen molar-refractivity contribution in [3.8, 4) is 0 Å². The summed E-state index contributed by atoms with van der Waals surface area (Å²) >= 11 is 6.20. The number of nitrogens with one attached hydrogen (secondary N) is 2. The molecule has 1 saturated heterocycles. The highest BCUT2D eigenvalue weighted by molar-refractivity contribution is 7.99. The molecule has 0 spiro atoms. The van der Waals surface area contributed by atoms with Gasteiger partial charge in [0.1, 0.15) is 0 Å². The average molecular weight is 426 g/mol. The van der Waals surface area contributed by atoms with Crippen molar-refractivity contribution in [2.45, 2.75) is 23.5 Å². The van der Waals surface area contributed by atoms with Gasteiger partial charge in [-0.3, -0.25) is 19.8 Å². The minimum absolute atomic E-state index is 0.0748. The number of hydrogen-bond acceptors (Lipinski definition) is 4. The molecule has 6 nitrogen and oxygen atoms in total. The van der Waals surface area contributed by atoms with E-state index in [0.29, 0.717) is 5.69 Å². The maximum absolute atomic E-state index is 12.8. The lowest BCUT2D eigenvalue weighted by Gasteiger charge is -2.27. The number of carbonyl (C=O) groups is 3. The van der Waals surface area contributed by atoms with E-state index in [1.54, 1.807) is 6.07 Å². The van der Waals surface area contributed by atoms with Gasteiger partial charge in [-0.25, -0.2) is 5.01 Å². The van der Waals surface area contributed by atoms with Crippen molar-refractivity contribution >= 4 is 52.5 Å². The van der Waals surface area contributed by atoms with Crippen LogP contribution < -0.4 is 15.8 Å². The van der Waals surface area contributed by atoms with Crippen molar-refractivity contribution in [2.75, 3.05) is 10.3 Å². The van der Waals surface area contributed by atoms with Crippen LogP contribution in [-0.4, -0.2) is 23.5 Å². The van der Waals surface area contributed by atoms with Crippen molar-refractivity contribution < 1.29 is 23.2 Å². The zero-order valence-corrected chi connectivity index (χ0v) is 15.8. The van der Waals surface area contributed by atoms with Gasteiger partial charge in [-0.05, 0) is 36.4 Å². The van der Waals surface area contributed by atoms with Crippen LogP contribution in [0.15, 0.2) is 47.4 Å². The number of halogens is 3. The van der Waals surface area contributed by atoms with Crippen LogP contribution in [0.4, 0.5) is 20.2 Å². The first-order valence-electron chi connectivity index (χ1n) is 8.12. The van der Waals surface area contributed by atoms with E-state index in [-0.39, 0.29) is 57.6 Å². The molecule has 28 heavy (non-hydrogen) atoms. The van der Waals surface area contributed by atoms with Crippen LogP contribution in [0.2, 0.25) is 5.02 Å². The fourth-order valence-corrected chi connectivity index (χ4v) is 3.47. The highest BCUT2D eigenvalue weighted by Gasteiger charge is 2.24. The van der Waals surface area contributed by atoms with Gasteiger partial charge in [0.05, 0.1) is 21.3 Å². The number of amides is 3. The van der Waals surface area contributed by atoms with Crippen molar-refractivity contribution in [3.05, 3.63) is 53.1 Å². The summed E-state index contributed by atoms with van der Waals surface area (Å²) in [6, 6.07) is 10.4. The van der Waals surface area contributed by atoms with Crippen LogP contribution in [0.3, 0.4) is 0 Å². The lowest BCUT2D eigenvalue weighted by atomic mass is 10.1. The molecule has 0 aliphatic carbocycles. The Labute approximate surface area is 168 Å². The Hall–Kier alpha value is -2.65. The van der Waals surface area contributed by atoms with E-state index >= 15 is 0 Å². The van der Waals surface area contributed by atoms with Crippen molar-refractivity contribution in [2.24, 2.45) is 0 Å². The van der Waals surface area contributed by atoms with Crippen LogP contribution in [0.25, 0.3) is 0 Å². The molecule has 2 N–H and O–H groups in total. The van der Waals surface area contributed by atoms with Gasteiger partial charge < -0.3 is 5.32 Å². The Kier molecular flexibility index (Phi) is 6.15.